The molecule has 4 amide bonds. The van der Waals surface area contributed by atoms with Crippen LogP contribution in [0.2, 0.25) is 0 Å². The van der Waals surface area contributed by atoms with Crippen LogP contribution in [0, 0.1) is 5.92 Å². The predicted molar refractivity (Wildman–Crippen MR) is 145 cm³/mol. The largest absolute Gasteiger partial charge is 0.357 e. The maximum atomic E-state index is 13.2. The molecule has 2 unspecified atom stereocenters. The second kappa shape index (κ2) is 9.69. The monoisotopic (exact) mass is 532 g/mol. The first-order valence-corrected chi connectivity index (χ1v) is 13.9. The van der Waals surface area contributed by atoms with Gasteiger partial charge in [0.25, 0.3) is 5.91 Å². The van der Waals surface area contributed by atoms with E-state index in [0.717, 1.165) is 53.7 Å². The van der Waals surface area contributed by atoms with Crippen LogP contribution in [-0.2, 0) is 24.7 Å². The molecule has 3 heterocycles. The van der Waals surface area contributed by atoms with E-state index in [-0.39, 0.29) is 29.9 Å². The SMILES string of the molecule is CNC(=O)C1(N2CC(C)NC2=O)Cc2cc3nc([C@@H](NC(=O)c4ccnn4C)C4CCCCC4)[nH]c3cc2C1. The molecule has 1 saturated carbocycles. The minimum atomic E-state index is -0.963. The van der Waals surface area contributed by atoms with Crippen LogP contribution in [-0.4, -0.2) is 67.7 Å². The summed E-state index contributed by atoms with van der Waals surface area (Å²) >= 11 is 0. The highest BCUT2D eigenvalue weighted by atomic mass is 16.2. The number of amides is 4. The van der Waals surface area contributed by atoms with Gasteiger partial charge in [0, 0.05) is 45.7 Å². The Morgan fingerprint density at radius 3 is 2.54 bits per heavy atom. The van der Waals surface area contributed by atoms with Crippen LogP contribution in [0.3, 0.4) is 0 Å². The van der Waals surface area contributed by atoms with E-state index in [0.29, 0.717) is 31.0 Å². The van der Waals surface area contributed by atoms with Gasteiger partial charge in [-0.3, -0.25) is 14.3 Å². The molecule has 4 N–H and O–H groups in total. The summed E-state index contributed by atoms with van der Waals surface area (Å²) in [5.41, 5.74) is 3.26. The number of rotatable bonds is 6. The molecule has 0 spiro atoms. The van der Waals surface area contributed by atoms with Crippen LogP contribution in [0.4, 0.5) is 4.79 Å². The van der Waals surface area contributed by atoms with Gasteiger partial charge < -0.3 is 25.8 Å². The number of hydrogen-bond acceptors (Lipinski definition) is 5. The molecule has 39 heavy (non-hydrogen) atoms. The summed E-state index contributed by atoms with van der Waals surface area (Å²) < 4.78 is 1.58. The average molecular weight is 533 g/mol. The van der Waals surface area contributed by atoms with E-state index >= 15 is 0 Å². The number of aromatic nitrogens is 4. The summed E-state index contributed by atoms with van der Waals surface area (Å²) in [5.74, 6) is 0.721. The Balaban J connectivity index is 1.33. The van der Waals surface area contributed by atoms with E-state index in [1.165, 1.54) is 6.42 Å². The standard InChI is InChI=1S/C28H36N8O3/c1-16-15-36(27(39)31-16)28(26(38)29-2)13-18-11-20-21(12-19(18)14-28)33-24(32-20)23(17-7-5-4-6-8-17)34-25(37)22-9-10-30-35(22)3/h9-12,16-17,23H,4-8,13-15H2,1-3H3,(H,29,38)(H,31,39)(H,32,33)(H,34,37)/t16?,23-/m0/s1. The van der Waals surface area contributed by atoms with Crippen molar-refractivity contribution in [2.24, 2.45) is 13.0 Å². The Morgan fingerprint density at radius 2 is 1.90 bits per heavy atom. The Kier molecular flexibility index (Phi) is 6.31. The third kappa shape index (κ3) is 4.33. The quantitative estimate of drug-likeness (QED) is 0.386. The van der Waals surface area contributed by atoms with Gasteiger partial charge in [0.1, 0.15) is 17.1 Å². The number of benzene rings is 1. The summed E-state index contributed by atoms with van der Waals surface area (Å²) in [7, 11) is 3.38. The Morgan fingerprint density at radius 1 is 1.15 bits per heavy atom. The van der Waals surface area contributed by atoms with Crippen LogP contribution in [0.1, 0.15) is 72.5 Å². The van der Waals surface area contributed by atoms with Gasteiger partial charge in [-0.05, 0) is 55.0 Å². The van der Waals surface area contributed by atoms with Crippen LogP contribution in [0.25, 0.3) is 11.0 Å². The number of nitrogens with zero attached hydrogens (tertiary/aromatic N) is 4. The van der Waals surface area contributed by atoms with Crippen molar-refractivity contribution in [3.8, 4) is 0 Å². The molecular formula is C28H36N8O3. The maximum absolute atomic E-state index is 13.2. The Hall–Kier alpha value is -3.89. The summed E-state index contributed by atoms with van der Waals surface area (Å²) in [4.78, 5) is 49.3. The molecular weight excluding hydrogens is 496 g/mol. The van der Waals surface area contributed by atoms with E-state index in [1.54, 1.807) is 35.9 Å². The number of carbonyl (C=O) groups is 3. The molecule has 0 bridgehead atoms. The highest BCUT2D eigenvalue weighted by Gasteiger charge is 2.52. The number of carbonyl (C=O) groups excluding carboxylic acids is 3. The zero-order valence-electron chi connectivity index (χ0n) is 22.7. The smallest absolute Gasteiger partial charge is 0.318 e. The number of imidazole rings is 1. The summed E-state index contributed by atoms with van der Waals surface area (Å²) in [6, 6.07) is 5.35. The van der Waals surface area contributed by atoms with Gasteiger partial charge in [0.15, 0.2) is 0 Å². The molecule has 2 aromatic heterocycles. The number of aromatic amines is 1. The van der Waals surface area contributed by atoms with Gasteiger partial charge in [-0.1, -0.05) is 19.3 Å². The minimum Gasteiger partial charge on any atom is -0.357 e. The van der Waals surface area contributed by atoms with E-state index in [4.69, 9.17) is 4.98 Å². The van der Waals surface area contributed by atoms with Gasteiger partial charge in [-0.25, -0.2) is 9.78 Å². The van der Waals surface area contributed by atoms with E-state index in [1.807, 2.05) is 13.0 Å². The molecule has 206 valence electrons. The van der Waals surface area contributed by atoms with Gasteiger partial charge in [0.2, 0.25) is 5.91 Å². The molecule has 3 aliphatic rings. The third-order valence-corrected chi connectivity index (χ3v) is 8.78. The number of hydrogen-bond donors (Lipinski definition) is 4. The molecule has 11 nitrogen and oxygen atoms in total. The van der Waals surface area contributed by atoms with Crippen molar-refractivity contribution in [3.63, 3.8) is 0 Å². The zero-order valence-corrected chi connectivity index (χ0v) is 22.7. The van der Waals surface area contributed by atoms with Crippen LogP contribution in [0.15, 0.2) is 24.4 Å². The fourth-order valence-electron chi connectivity index (χ4n) is 6.79. The second-order valence-electron chi connectivity index (χ2n) is 11.4. The van der Waals surface area contributed by atoms with Crippen molar-refractivity contribution < 1.29 is 14.4 Å². The molecule has 1 saturated heterocycles. The highest BCUT2D eigenvalue weighted by molar-refractivity contribution is 5.94. The number of fused-ring (bicyclic) bond motifs is 2. The number of H-pyrrole nitrogens is 1. The third-order valence-electron chi connectivity index (χ3n) is 8.78. The van der Waals surface area contributed by atoms with Crippen molar-refractivity contribution in [1.82, 2.24) is 40.6 Å². The average Bonchev–Trinajstić information content (AvgIpc) is 3.70. The summed E-state index contributed by atoms with van der Waals surface area (Å²) in [6.07, 6.45) is 8.07. The summed E-state index contributed by atoms with van der Waals surface area (Å²) in [6.45, 7) is 2.43. The van der Waals surface area contributed by atoms with Crippen molar-refractivity contribution in [3.05, 3.63) is 47.0 Å². The van der Waals surface area contributed by atoms with Crippen molar-refractivity contribution in [2.45, 2.75) is 69.5 Å². The second-order valence-corrected chi connectivity index (χ2v) is 11.4. The molecule has 1 aromatic carbocycles. The molecule has 3 aromatic rings. The fourth-order valence-corrected chi connectivity index (χ4v) is 6.79. The van der Waals surface area contributed by atoms with Crippen molar-refractivity contribution in [2.75, 3.05) is 13.6 Å². The number of aryl methyl sites for hydroxylation is 1. The van der Waals surface area contributed by atoms with Gasteiger partial charge in [-0.2, -0.15) is 5.10 Å². The van der Waals surface area contributed by atoms with Crippen LogP contribution < -0.4 is 16.0 Å². The lowest BCUT2D eigenvalue weighted by atomic mass is 9.83. The fraction of sp³-hybridized carbons (Fsp3) is 0.536. The number of nitrogens with one attached hydrogen (secondary N) is 4. The van der Waals surface area contributed by atoms with Gasteiger partial charge in [-0.15, -0.1) is 0 Å². The molecule has 2 aliphatic carbocycles. The summed E-state index contributed by atoms with van der Waals surface area (Å²) in [5, 5.41) is 13.1. The molecule has 1 aliphatic heterocycles. The molecule has 0 radical (unpaired) electrons. The van der Waals surface area contributed by atoms with Crippen LogP contribution >= 0.6 is 0 Å². The molecule has 2 fully saturated rings. The van der Waals surface area contributed by atoms with E-state index < -0.39 is 5.54 Å². The Labute approximate surface area is 227 Å². The normalized spacial score (nSPS) is 21.6. The Bertz CT molecular complexity index is 1390. The first kappa shape index (κ1) is 25.4. The minimum absolute atomic E-state index is 0.0140. The topological polar surface area (TPSA) is 137 Å². The first-order chi connectivity index (χ1) is 18.8. The van der Waals surface area contributed by atoms with Crippen molar-refractivity contribution >= 4 is 28.9 Å². The lowest BCUT2D eigenvalue weighted by Crippen LogP contribution is -2.60. The lowest BCUT2D eigenvalue weighted by Gasteiger charge is -2.36. The highest BCUT2D eigenvalue weighted by Crippen LogP contribution is 2.39. The van der Waals surface area contributed by atoms with Crippen molar-refractivity contribution in [1.29, 1.82) is 0 Å². The number of urea groups is 1. The lowest BCUT2D eigenvalue weighted by molar-refractivity contribution is -0.130. The van der Waals surface area contributed by atoms with Gasteiger partial charge in [0.05, 0.1) is 17.1 Å². The molecule has 6 rings (SSSR count). The predicted octanol–water partition coefficient (Wildman–Crippen LogP) is 2.34. The van der Waals surface area contributed by atoms with E-state index in [9.17, 15) is 14.4 Å². The van der Waals surface area contributed by atoms with Crippen LogP contribution in [0.5, 0.6) is 0 Å². The molecule has 11 heteroatoms. The maximum Gasteiger partial charge on any atom is 0.318 e. The van der Waals surface area contributed by atoms with E-state index in [2.05, 4.69) is 32.1 Å². The number of likely N-dealkylation sites (N-methyl/N-ethyl adjacent to an activating group) is 1. The molecule has 3 atom stereocenters. The zero-order chi connectivity index (χ0) is 27.3. The first-order valence-electron chi connectivity index (χ1n) is 13.9. The van der Waals surface area contributed by atoms with Gasteiger partial charge >= 0.3 is 6.03 Å².